The van der Waals surface area contributed by atoms with Crippen molar-refractivity contribution in [2.75, 3.05) is 13.1 Å². The first-order valence-corrected chi connectivity index (χ1v) is 7.88. The summed E-state index contributed by atoms with van der Waals surface area (Å²) in [5.74, 6) is 0. The Balaban J connectivity index is 2.23. The van der Waals surface area contributed by atoms with Gasteiger partial charge in [-0.3, -0.25) is 4.98 Å². The van der Waals surface area contributed by atoms with Crippen LogP contribution in [0.1, 0.15) is 19.8 Å². The van der Waals surface area contributed by atoms with E-state index in [0.717, 1.165) is 0 Å². The van der Waals surface area contributed by atoms with Crippen molar-refractivity contribution in [3.05, 3.63) is 22.9 Å². The van der Waals surface area contributed by atoms with Gasteiger partial charge in [-0.1, -0.05) is 0 Å². The third-order valence-corrected chi connectivity index (χ3v) is 5.41. The van der Waals surface area contributed by atoms with Crippen molar-refractivity contribution in [1.29, 1.82) is 0 Å². The number of hydrogen-bond acceptors (Lipinski definition) is 4. The zero-order valence-corrected chi connectivity index (χ0v) is 12.4. The maximum absolute atomic E-state index is 12.3. The summed E-state index contributed by atoms with van der Waals surface area (Å²) in [6.07, 6.45) is 3.79. The fraction of sp³-hybridized carbons (Fsp3) is 0.545. The lowest BCUT2D eigenvalue weighted by molar-refractivity contribution is 0.0126. The summed E-state index contributed by atoms with van der Waals surface area (Å²) in [4.78, 5) is 4.05. The zero-order valence-electron chi connectivity index (χ0n) is 10.0. The average Bonchev–Trinajstić information content (AvgIpc) is 2.28. The van der Waals surface area contributed by atoms with Crippen molar-refractivity contribution in [2.24, 2.45) is 0 Å². The standard InChI is InChI=1S/C11H15BrN2O3S/c1-11(15)2-4-14(5-3-11)18(16,17)10-6-9(12)7-13-8-10/h6-8,15H,2-5H2,1H3. The molecule has 100 valence electrons. The summed E-state index contributed by atoms with van der Waals surface area (Å²) in [5.41, 5.74) is -0.762. The van der Waals surface area contributed by atoms with Gasteiger partial charge in [0.15, 0.2) is 0 Å². The molecule has 0 radical (unpaired) electrons. The van der Waals surface area contributed by atoms with E-state index in [-0.39, 0.29) is 4.90 Å². The molecule has 0 bridgehead atoms. The molecule has 0 saturated carbocycles. The van der Waals surface area contributed by atoms with E-state index in [4.69, 9.17) is 0 Å². The van der Waals surface area contributed by atoms with Gasteiger partial charge in [0, 0.05) is 30.0 Å². The molecule has 1 fully saturated rings. The molecule has 1 aromatic heterocycles. The molecule has 1 N–H and O–H groups in total. The Morgan fingerprint density at radius 1 is 1.39 bits per heavy atom. The van der Waals surface area contributed by atoms with Gasteiger partial charge in [-0.2, -0.15) is 4.31 Å². The van der Waals surface area contributed by atoms with Crippen LogP contribution < -0.4 is 0 Å². The van der Waals surface area contributed by atoms with E-state index in [9.17, 15) is 13.5 Å². The Labute approximate surface area is 115 Å². The van der Waals surface area contributed by atoms with Crippen molar-refractivity contribution in [2.45, 2.75) is 30.3 Å². The topological polar surface area (TPSA) is 70.5 Å². The molecule has 0 atom stereocenters. The normalized spacial score (nSPS) is 20.8. The molecule has 0 aromatic carbocycles. The van der Waals surface area contributed by atoms with E-state index in [1.165, 1.54) is 16.6 Å². The molecule has 1 aliphatic rings. The summed E-state index contributed by atoms with van der Waals surface area (Å²) in [6.45, 7) is 2.40. The van der Waals surface area contributed by atoms with Gasteiger partial charge in [0.25, 0.3) is 0 Å². The summed E-state index contributed by atoms with van der Waals surface area (Å²) in [6, 6.07) is 1.54. The molecule has 0 aliphatic carbocycles. The Hall–Kier alpha value is -0.500. The van der Waals surface area contributed by atoms with Gasteiger partial charge in [0.1, 0.15) is 4.90 Å². The minimum atomic E-state index is -3.50. The fourth-order valence-electron chi connectivity index (χ4n) is 1.89. The summed E-state index contributed by atoms with van der Waals surface area (Å²) in [7, 11) is -3.50. The average molecular weight is 335 g/mol. The van der Waals surface area contributed by atoms with Crippen LogP contribution in [-0.4, -0.2) is 41.5 Å². The maximum Gasteiger partial charge on any atom is 0.244 e. The molecule has 1 aliphatic heterocycles. The molecule has 1 saturated heterocycles. The first-order chi connectivity index (χ1) is 8.31. The maximum atomic E-state index is 12.3. The van der Waals surface area contributed by atoms with Gasteiger partial charge in [0.05, 0.1) is 5.60 Å². The van der Waals surface area contributed by atoms with Crippen LogP contribution in [0.25, 0.3) is 0 Å². The molecule has 0 unspecified atom stereocenters. The number of nitrogens with zero attached hydrogens (tertiary/aromatic N) is 2. The molecule has 7 heteroatoms. The second-order valence-electron chi connectivity index (χ2n) is 4.74. The van der Waals surface area contributed by atoms with Crippen LogP contribution in [0, 0.1) is 0 Å². The highest BCUT2D eigenvalue weighted by Crippen LogP contribution is 2.26. The van der Waals surface area contributed by atoms with Crippen molar-refractivity contribution in [3.63, 3.8) is 0 Å². The second kappa shape index (κ2) is 4.88. The number of hydrogen-bond donors (Lipinski definition) is 1. The molecule has 0 amide bonds. The fourth-order valence-corrected chi connectivity index (χ4v) is 3.84. The van der Waals surface area contributed by atoms with Gasteiger partial charge >= 0.3 is 0 Å². The SMILES string of the molecule is CC1(O)CCN(S(=O)(=O)c2cncc(Br)c2)CC1. The molecule has 0 spiro atoms. The Bertz CT molecular complexity index is 535. The van der Waals surface area contributed by atoms with E-state index in [1.54, 1.807) is 13.1 Å². The van der Waals surface area contributed by atoms with Crippen LogP contribution >= 0.6 is 15.9 Å². The summed E-state index contributed by atoms with van der Waals surface area (Å²) < 4.78 is 26.7. The lowest BCUT2D eigenvalue weighted by atomic mass is 9.95. The largest absolute Gasteiger partial charge is 0.390 e. The molecule has 2 rings (SSSR count). The molecule has 18 heavy (non-hydrogen) atoms. The lowest BCUT2D eigenvalue weighted by Crippen LogP contribution is -2.45. The lowest BCUT2D eigenvalue weighted by Gasteiger charge is -2.34. The van der Waals surface area contributed by atoms with Crippen LogP contribution in [0.3, 0.4) is 0 Å². The van der Waals surface area contributed by atoms with Gasteiger partial charge in [-0.25, -0.2) is 8.42 Å². The smallest absolute Gasteiger partial charge is 0.244 e. The molecular formula is C11H15BrN2O3S. The van der Waals surface area contributed by atoms with E-state index in [1.807, 2.05) is 0 Å². The monoisotopic (exact) mass is 334 g/mol. The molecule has 2 heterocycles. The van der Waals surface area contributed by atoms with Crippen LogP contribution in [0.15, 0.2) is 27.8 Å². The van der Waals surface area contributed by atoms with Gasteiger partial charge < -0.3 is 5.11 Å². The molecule has 1 aromatic rings. The molecule has 5 nitrogen and oxygen atoms in total. The van der Waals surface area contributed by atoms with E-state index in [0.29, 0.717) is 30.4 Å². The summed E-state index contributed by atoms with van der Waals surface area (Å²) >= 11 is 3.21. The Kier molecular flexibility index (Phi) is 3.77. The van der Waals surface area contributed by atoms with Gasteiger partial charge in [-0.15, -0.1) is 0 Å². The van der Waals surface area contributed by atoms with E-state index >= 15 is 0 Å². The number of rotatable bonds is 2. The Morgan fingerprint density at radius 2 is 2.00 bits per heavy atom. The predicted octanol–water partition coefficient (Wildman–Crippen LogP) is 1.38. The predicted molar refractivity (Wildman–Crippen MR) is 70.6 cm³/mol. The van der Waals surface area contributed by atoms with Crippen molar-refractivity contribution in [1.82, 2.24) is 9.29 Å². The van der Waals surface area contributed by atoms with Gasteiger partial charge in [0.2, 0.25) is 10.0 Å². The number of aromatic nitrogens is 1. The van der Waals surface area contributed by atoms with Crippen molar-refractivity contribution >= 4 is 26.0 Å². The van der Waals surface area contributed by atoms with Crippen molar-refractivity contribution in [3.8, 4) is 0 Å². The van der Waals surface area contributed by atoms with Crippen LogP contribution in [-0.2, 0) is 10.0 Å². The quantitative estimate of drug-likeness (QED) is 0.886. The highest BCUT2D eigenvalue weighted by atomic mass is 79.9. The van der Waals surface area contributed by atoms with Crippen molar-refractivity contribution < 1.29 is 13.5 Å². The Morgan fingerprint density at radius 3 is 2.56 bits per heavy atom. The number of halogens is 1. The van der Waals surface area contributed by atoms with E-state index < -0.39 is 15.6 Å². The first-order valence-electron chi connectivity index (χ1n) is 5.64. The number of sulfonamides is 1. The second-order valence-corrected chi connectivity index (χ2v) is 7.59. The van der Waals surface area contributed by atoms with Crippen LogP contribution in [0.4, 0.5) is 0 Å². The minimum Gasteiger partial charge on any atom is -0.390 e. The third kappa shape index (κ3) is 2.90. The van der Waals surface area contributed by atoms with E-state index in [2.05, 4.69) is 20.9 Å². The first kappa shape index (κ1) is 13.9. The summed E-state index contributed by atoms with van der Waals surface area (Å²) in [5, 5.41) is 9.83. The highest BCUT2D eigenvalue weighted by molar-refractivity contribution is 9.10. The minimum absolute atomic E-state index is 0.179. The van der Waals surface area contributed by atoms with Crippen LogP contribution in [0.5, 0.6) is 0 Å². The van der Waals surface area contributed by atoms with Gasteiger partial charge in [-0.05, 0) is 41.8 Å². The number of aliphatic hydroxyl groups is 1. The third-order valence-electron chi connectivity index (χ3n) is 3.12. The molecular weight excluding hydrogens is 320 g/mol. The zero-order chi connectivity index (χ0) is 13.4. The number of pyridine rings is 1. The van der Waals surface area contributed by atoms with Crippen LogP contribution in [0.2, 0.25) is 0 Å². The number of piperidine rings is 1. The highest BCUT2D eigenvalue weighted by Gasteiger charge is 2.34.